The first kappa shape index (κ1) is 26.5. The van der Waals surface area contributed by atoms with Crippen molar-refractivity contribution in [3.8, 4) is 11.1 Å². The summed E-state index contributed by atoms with van der Waals surface area (Å²) in [7, 11) is 0. The maximum atomic E-state index is 5.52. The monoisotopic (exact) mass is 439 g/mol. The number of benzene rings is 2. The van der Waals surface area contributed by atoms with Crippen LogP contribution >= 0.6 is 0 Å². The van der Waals surface area contributed by atoms with Crippen molar-refractivity contribution in [2.24, 2.45) is 11.5 Å². The summed E-state index contributed by atoms with van der Waals surface area (Å²) in [5, 5.41) is 14.0. The molecule has 0 aliphatic rings. The van der Waals surface area contributed by atoms with E-state index in [0.29, 0.717) is 0 Å². The van der Waals surface area contributed by atoms with Gasteiger partial charge in [-0.2, -0.15) is 0 Å². The van der Waals surface area contributed by atoms with Gasteiger partial charge in [-0.25, -0.2) is 0 Å². The Kier molecular flexibility index (Phi) is 14.6. The number of nitrogens with one attached hydrogen (secondary N) is 4. The molecule has 2 aromatic rings. The van der Waals surface area contributed by atoms with Crippen LogP contribution in [0.5, 0.6) is 0 Å². The molecule has 0 unspecified atom stereocenters. The number of hydrogen-bond acceptors (Lipinski definition) is 6. The smallest absolute Gasteiger partial charge is 0.0205 e. The molecule has 0 saturated carbocycles. The van der Waals surface area contributed by atoms with Gasteiger partial charge in [-0.05, 0) is 118 Å². The van der Waals surface area contributed by atoms with Gasteiger partial charge >= 0.3 is 0 Å². The lowest BCUT2D eigenvalue weighted by Crippen LogP contribution is -2.24. The maximum Gasteiger partial charge on any atom is 0.0205 e. The van der Waals surface area contributed by atoms with Crippen molar-refractivity contribution in [1.29, 1.82) is 0 Å². The van der Waals surface area contributed by atoms with Crippen LogP contribution in [-0.2, 0) is 13.1 Å². The van der Waals surface area contributed by atoms with Crippen LogP contribution < -0.4 is 32.7 Å². The first-order valence-corrected chi connectivity index (χ1v) is 12.2. The summed E-state index contributed by atoms with van der Waals surface area (Å²) < 4.78 is 0. The van der Waals surface area contributed by atoms with Crippen molar-refractivity contribution >= 4 is 0 Å². The minimum absolute atomic E-state index is 0.754. The van der Waals surface area contributed by atoms with E-state index >= 15 is 0 Å². The van der Waals surface area contributed by atoms with Crippen molar-refractivity contribution in [1.82, 2.24) is 21.3 Å². The standard InChI is InChI=1S/C26H43N6/c27-10-4-12-29-14-6-16-31-21-23-18-24(22-32-17-7-15-30-13-5-11-28)20-26(19-23)25-8-2-1-3-9-25/h2-3,8-9,18-20,29-32H,4-7,10-17,21-22,27-28H2. The highest BCUT2D eigenvalue weighted by Crippen LogP contribution is 2.22. The average Bonchev–Trinajstić information content (AvgIpc) is 2.83. The third kappa shape index (κ3) is 11.7. The Balaban J connectivity index is 1.81. The van der Waals surface area contributed by atoms with Crippen LogP contribution in [0.15, 0.2) is 42.5 Å². The Morgan fingerprint density at radius 2 is 1.03 bits per heavy atom. The Morgan fingerprint density at radius 3 is 1.53 bits per heavy atom. The van der Waals surface area contributed by atoms with Crippen LogP contribution in [0.4, 0.5) is 0 Å². The molecule has 2 rings (SSSR count). The first-order valence-electron chi connectivity index (χ1n) is 12.2. The molecule has 0 fully saturated rings. The molecule has 32 heavy (non-hydrogen) atoms. The first-order chi connectivity index (χ1) is 15.8. The summed E-state index contributed by atoms with van der Waals surface area (Å²) in [6, 6.07) is 18.2. The zero-order valence-corrected chi connectivity index (χ0v) is 19.6. The van der Waals surface area contributed by atoms with Crippen molar-refractivity contribution in [2.45, 2.75) is 38.8 Å². The Hall–Kier alpha value is -1.80. The quantitative estimate of drug-likeness (QED) is 0.187. The van der Waals surface area contributed by atoms with Crippen LogP contribution in [0, 0.1) is 6.07 Å². The van der Waals surface area contributed by atoms with Gasteiger partial charge in [-0.3, -0.25) is 0 Å². The molecule has 6 nitrogen and oxygen atoms in total. The Bertz CT molecular complexity index is 668. The van der Waals surface area contributed by atoms with E-state index in [1.165, 1.54) is 22.3 Å². The molecule has 8 N–H and O–H groups in total. The lowest BCUT2D eigenvalue weighted by atomic mass is 9.99. The van der Waals surface area contributed by atoms with E-state index in [1.807, 2.05) is 12.1 Å². The van der Waals surface area contributed by atoms with E-state index in [1.54, 1.807) is 0 Å². The Morgan fingerprint density at radius 1 is 0.562 bits per heavy atom. The highest BCUT2D eigenvalue weighted by molar-refractivity contribution is 5.65. The molecule has 0 saturated heterocycles. The van der Waals surface area contributed by atoms with Gasteiger partial charge in [0.05, 0.1) is 0 Å². The molecule has 2 aromatic carbocycles. The van der Waals surface area contributed by atoms with Gasteiger partial charge in [-0.15, -0.1) is 0 Å². The molecular weight excluding hydrogens is 396 g/mol. The summed E-state index contributed by atoms with van der Waals surface area (Å²) in [5.41, 5.74) is 16.2. The van der Waals surface area contributed by atoms with Crippen molar-refractivity contribution in [2.75, 3.05) is 52.4 Å². The summed E-state index contributed by atoms with van der Waals surface area (Å²) in [5.74, 6) is 0. The molecule has 0 amide bonds. The molecule has 0 bridgehead atoms. The fraction of sp³-hybridized carbons (Fsp3) is 0.538. The predicted molar refractivity (Wildman–Crippen MR) is 136 cm³/mol. The van der Waals surface area contributed by atoms with Crippen LogP contribution in [0.1, 0.15) is 36.8 Å². The van der Waals surface area contributed by atoms with E-state index < -0.39 is 0 Å². The van der Waals surface area contributed by atoms with Crippen molar-refractivity contribution in [3.05, 3.63) is 59.7 Å². The Labute approximate surface area is 194 Å². The van der Waals surface area contributed by atoms with Gasteiger partial charge in [-0.1, -0.05) is 30.3 Å². The zero-order valence-electron chi connectivity index (χ0n) is 19.6. The minimum atomic E-state index is 0.754. The van der Waals surface area contributed by atoms with Gasteiger partial charge in [0.2, 0.25) is 0 Å². The highest BCUT2D eigenvalue weighted by Gasteiger charge is 2.04. The summed E-state index contributed by atoms with van der Waals surface area (Å²) in [6.45, 7) is 9.36. The lowest BCUT2D eigenvalue weighted by Gasteiger charge is -2.12. The molecule has 0 aliphatic heterocycles. The third-order valence-electron chi connectivity index (χ3n) is 5.29. The summed E-state index contributed by atoms with van der Waals surface area (Å²) in [6.07, 6.45) is 4.32. The fourth-order valence-corrected chi connectivity index (χ4v) is 3.56. The molecule has 0 aliphatic carbocycles. The lowest BCUT2D eigenvalue weighted by molar-refractivity contribution is 0.583. The molecule has 1 radical (unpaired) electrons. The van der Waals surface area contributed by atoms with Crippen molar-refractivity contribution in [3.63, 3.8) is 0 Å². The minimum Gasteiger partial charge on any atom is -0.330 e. The van der Waals surface area contributed by atoms with Crippen molar-refractivity contribution < 1.29 is 0 Å². The van der Waals surface area contributed by atoms with Gasteiger partial charge in [0, 0.05) is 13.1 Å². The topological polar surface area (TPSA) is 100 Å². The third-order valence-corrected chi connectivity index (χ3v) is 5.29. The van der Waals surface area contributed by atoms with E-state index in [9.17, 15) is 0 Å². The second-order valence-corrected chi connectivity index (χ2v) is 8.17. The van der Waals surface area contributed by atoms with E-state index in [4.69, 9.17) is 11.5 Å². The number of rotatable bonds is 19. The largest absolute Gasteiger partial charge is 0.330 e. The summed E-state index contributed by atoms with van der Waals surface area (Å²) >= 11 is 0. The average molecular weight is 440 g/mol. The van der Waals surface area contributed by atoms with Gasteiger partial charge in [0.15, 0.2) is 0 Å². The zero-order chi connectivity index (χ0) is 22.7. The number of nitrogens with two attached hydrogens (primary N) is 2. The molecule has 0 aromatic heterocycles. The molecule has 6 heteroatoms. The normalized spacial score (nSPS) is 11.2. The van der Waals surface area contributed by atoms with Crippen LogP contribution in [0.25, 0.3) is 11.1 Å². The molecule has 0 atom stereocenters. The van der Waals surface area contributed by atoms with Gasteiger partial charge < -0.3 is 32.7 Å². The second kappa shape index (κ2) is 17.7. The number of hydrogen-bond donors (Lipinski definition) is 6. The van der Waals surface area contributed by atoms with Crippen LogP contribution in [0.3, 0.4) is 0 Å². The SMILES string of the molecule is NCCCNCCCNCc1cc(CNCCCNCCCN)cc(-c2cc[c]cc2)c1. The van der Waals surface area contributed by atoms with E-state index in [2.05, 4.69) is 57.7 Å². The van der Waals surface area contributed by atoms with E-state index in [0.717, 1.165) is 91.1 Å². The molecular formula is C26H43N6. The maximum absolute atomic E-state index is 5.52. The van der Waals surface area contributed by atoms with Crippen LogP contribution in [-0.4, -0.2) is 52.4 Å². The summed E-state index contributed by atoms with van der Waals surface area (Å²) in [4.78, 5) is 0. The highest BCUT2D eigenvalue weighted by atomic mass is 14.9. The predicted octanol–water partition coefficient (Wildman–Crippen LogP) is 1.99. The van der Waals surface area contributed by atoms with Crippen LogP contribution in [0.2, 0.25) is 0 Å². The molecule has 0 spiro atoms. The molecule has 0 heterocycles. The molecule has 177 valence electrons. The fourth-order valence-electron chi connectivity index (χ4n) is 3.56. The van der Waals surface area contributed by atoms with Gasteiger partial charge in [0.1, 0.15) is 0 Å². The van der Waals surface area contributed by atoms with Gasteiger partial charge in [0.25, 0.3) is 0 Å². The second-order valence-electron chi connectivity index (χ2n) is 8.17. The van der Waals surface area contributed by atoms with E-state index in [-0.39, 0.29) is 0 Å².